The lowest BCUT2D eigenvalue weighted by Gasteiger charge is -1.96. The molecular weight excluding hydrogens is 250 g/mol. The average Bonchev–Trinajstić information content (AvgIpc) is 2.71. The van der Waals surface area contributed by atoms with Gasteiger partial charge in [-0.05, 0) is 25.1 Å². The molecule has 1 aromatic carbocycles. The van der Waals surface area contributed by atoms with Crippen molar-refractivity contribution in [1.82, 2.24) is 0 Å². The van der Waals surface area contributed by atoms with Crippen LogP contribution in [0.5, 0.6) is 0 Å². The SMILES string of the molecule is Cc1ccc2oc(-c3cc[n+](O)cc3Cl)cc2c1. The summed E-state index contributed by atoms with van der Waals surface area (Å²) in [6.07, 6.45) is 2.94. The van der Waals surface area contributed by atoms with Gasteiger partial charge in [0.1, 0.15) is 16.4 Å². The van der Waals surface area contributed by atoms with Crippen LogP contribution in [-0.2, 0) is 0 Å². The zero-order chi connectivity index (χ0) is 12.7. The normalized spacial score (nSPS) is 11.0. The van der Waals surface area contributed by atoms with Crippen LogP contribution >= 0.6 is 11.6 Å². The number of furan rings is 1. The standard InChI is InChI=1S/C14H11ClNO2/c1-9-2-3-13-10(6-9)7-14(18-13)11-4-5-16(17)8-12(11)15/h2-8,17H,1H3/q+1. The van der Waals surface area contributed by atoms with E-state index < -0.39 is 0 Å². The second-order valence-electron chi connectivity index (χ2n) is 4.24. The number of benzene rings is 1. The van der Waals surface area contributed by atoms with Crippen molar-refractivity contribution < 1.29 is 14.4 Å². The molecule has 18 heavy (non-hydrogen) atoms. The fourth-order valence-electron chi connectivity index (χ4n) is 1.95. The van der Waals surface area contributed by atoms with E-state index in [1.807, 2.05) is 25.1 Å². The molecule has 4 heteroatoms. The molecule has 0 aliphatic heterocycles. The van der Waals surface area contributed by atoms with Gasteiger partial charge < -0.3 is 4.42 Å². The second kappa shape index (κ2) is 4.03. The number of rotatable bonds is 1. The highest BCUT2D eigenvalue weighted by atomic mass is 35.5. The van der Waals surface area contributed by atoms with E-state index in [1.54, 1.807) is 6.07 Å². The van der Waals surface area contributed by atoms with Crippen LogP contribution in [0.2, 0.25) is 5.02 Å². The molecule has 1 N–H and O–H groups in total. The summed E-state index contributed by atoms with van der Waals surface area (Å²) in [7, 11) is 0. The predicted molar refractivity (Wildman–Crippen MR) is 68.8 cm³/mol. The van der Waals surface area contributed by atoms with Gasteiger partial charge in [-0.3, -0.25) is 5.21 Å². The maximum atomic E-state index is 9.26. The van der Waals surface area contributed by atoms with Gasteiger partial charge in [0.2, 0.25) is 12.4 Å². The van der Waals surface area contributed by atoms with E-state index >= 15 is 0 Å². The van der Waals surface area contributed by atoms with Gasteiger partial charge in [0.05, 0.1) is 0 Å². The summed E-state index contributed by atoms with van der Waals surface area (Å²) in [6.45, 7) is 2.04. The van der Waals surface area contributed by atoms with E-state index in [0.717, 1.165) is 21.3 Å². The Morgan fingerprint density at radius 3 is 2.83 bits per heavy atom. The van der Waals surface area contributed by atoms with Crippen molar-refractivity contribution in [1.29, 1.82) is 0 Å². The van der Waals surface area contributed by atoms with Gasteiger partial charge >= 0.3 is 0 Å². The van der Waals surface area contributed by atoms with Gasteiger partial charge in [-0.2, -0.15) is 0 Å². The summed E-state index contributed by atoms with van der Waals surface area (Å²) < 4.78 is 6.67. The molecule has 90 valence electrons. The van der Waals surface area contributed by atoms with Gasteiger partial charge in [-0.15, -0.1) is 0 Å². The monoisotopic (exact) mass is 260 g/mol. The van der Waals surface area contributed by atoms with Crippen LogP contribution in [0.3, 0.4) is 0 Å². The Balaban J connectivity index is 2.19. The molecule has 2 heterocycles. The predicted octanol–water partition coefficient (Wildman–Crippen LogP) is 3.59. The lowest BCUT2D eigenvalue weighted by molar-refractivity contribution is -0.904. The molecule has 0 saturated carbocycles. The first kappa shape index (κ1) is 11.1. The van der Waals surface area contributed by atoms with Crippen molar-refractivity contribution in [2.24, 2.45) is 0 Å². The molecule has 0 unspecified atom stereocenters. The van der Waals surface area contributed by atoms with Crippen LogP contribution < -0.4 is 4.73 Å². The third-order valence-corrected chi connectivity index (χ3v) is 3.14. The van der Waals surface area contributed by atoms with Gasteiger partial charge in [-0.25, -0.2) is 0 Å². The highest BCUT2D eigenvalue weighted by molar-refractivity contribution is 6.33. The number of aryl methyl sites for hydroxylation is 1. The molecule has 0 spiro atoms. The Morgan fingerprint density at radius 2 is 2.06 bits per heavy atom. The Bertz CT molecular complexity index is 734. The molecule has 3 nitrogen and oxygen atoms in total. The minimum atomic E-state index is 0.441. The first-order chi connectivity index (χ1) is 8.63. The Hall–Kier alpha value is -2.00. The third-order valence-electron chi connectivity index (χ3n) is 2.83. The third kappa shape index (κ3) is 1.83. The maximum absolute atomic E-state index is 9.26. The van der Waals surface area contributed by atoms with Crippen LogP contribution in [-0.4, -0.2) is 5.21 Å². The summed E-state index contributed by atoms with van der Waals surface area (Å²) in [4.78, 5) is 0. The second-order valence-corrected chi connectivity index (χ2v) is 4.65. The maximum Gasteiger partial charge on any atom is 0.241 e. The van der Waals surface area contributed by atoms with E-state index in [4.69, 9.17) is 16.0 Å². The first-order valence-corrected chi connectivity index (χ1v) is 5.92. The number of hydrogen-bond acceptors (Lipinski definition) is 2. The number of halogens is 1. The molecule has 0 fully saturated rings. The zero-order valence-electron chi connectivity index (χ0n) is 9.72. The van der Waals surface area contributed by atoms with E-state index in [0.29, 0.717) is 10.8 Å². The van der Waals surface area contributed by atoms with Crippen molar-refractivity contribution >= 4 is 22.6 Å². The van der Waals surface area contributed by atoms with E-state index in [-0.39, 0.29) is 0 Å². The molecular formula is C14H11ClNO2+. The summed E-state index contributed by atoms with van der Waals surface area (Å²) in [5, 5.41) is 10.7. The number of hydrogen-bond donors (Lipinski definition) is 1. The fourth-order valence-corrected chi connectivity index (χ4v) is 2.21. The Labute approximate surface area is 109 Å². The van der Waals surface area contributed by atoms with Gasteiger partial charge in [-0.1, -0.05) is 23.2 Å². The minimum Gasteiger partial charge on any atom is -0.456 e. The van der Waals surface area contributed by atoms with Crippen LogP contribution in [0.1, 0.15) is 5.56 Å². The number of aromatic nitrogens is 1. The average molecular weight is 261 g/mol. The van der Waals surface area contributed by atoms with Crippen molar-refractivity contribution in [2.75, 3.05) is 0 Å². The first-order valence-electron chi connectivity index (χ1n) is 5.54. The van der Waals surface area contributed by atoms with Crippen LogP contribution in [0.25, 0.3) is 22.3 Å². The van der Waals surface area contributed by atoms with Crippen molar-refractivity contribution in [3.05, 3.63) is 53.3 Å². The van der Waals surface area contributed by atoms with Gasteiger partial charge in [0, 0.05) is 21.7 Å². The molecule has 2 aromatic heterocycles. The van der Waals surface area contributed by atoms with Crippen LogP contribution in [0, 0.1) is 6.92 Å². The molecule has 0 amide bonds. The zero-order valence-corrected chi connectivity index (χ0v) is 10.5. The minimum absolute atomic E-state index is 0.441. The van der Waals surface area contributed by atoms with E-state index in [1.165, 1.54) is 18.0 Å². The smallest absolute Gasteiger partial charge is 0.241 e. The molecule has 0 bridgehead atoms. The Kier molecular flexibility index (Phi) is 2.49. The number of fused-ring (bicyclic) bond motifs is 1. The number of pyridine rings is 1. The van der Waals surface area contributed by atoms with E-state index in [2.05, 4.69) is 6.07 Å². The molecule has 0 aliphatic carbocycles. The highest BCUT2D eigenvalue weighted by Crippen LogP contribution is 2.31. The summed E-state index contributed by atoms with van der Waals surface area (Å²) in [6, 6.07) is 9.67. The largest absolute Gasteiger partial charge is 0.456 e. The van der Waals surface area contributed by atoms with Crippen molar-refractivity contribution in [3.8, 4) is 11.3 Å². The molecule has 0 radical (unpaired) electrons. The topological polar surface area (TPSA) is 37.2 Å². The lowest BCUT2D eigenvalue weighted by atomic mass is 10.1. The molecule has 3 aromatic rings. The summed E-state index contributed by atoms with van der Waals surface area (Å²) in [5.74, 6) is 0.696. The van der Waals surface area contributed by atoms with Crippen molar-refractivity contribution in [3.63, 3.8) is 0 Å². The number of nitrogens with zero attached hydrogens (tertiary/aromatic N) is 1. The van der Waals surface area contributed by atoms with Gasteiger partial charge in [0.15, 0.2) is 0 Å². The van der Waals surface area contributed by atoms with Crippen molar-refractivity contribution in [2.45, 2.75) is 6.92 Å². The quantitative estimate of drug-likeness (QED) is 0.536. The highest BCUT2D eigenvalue weighted by Gasteiger charge is 2.13. The molecule has 0 saturated heterocycles. The Morgan fingerprint density at radius 1 is 1.22 bits per heavy atom. The van der Waals surface area contributed by atoms with Crippen LogP contribution in [0.4, 0.5) is 0 Å². The van der Waals surface area contributed by atoms with Gasteiger partial charge in [0.25, 0.3) is 0 Å². The van der Waals surface area contributed by atoms with Crippen LogP contribution in [0.15, 0.2) is 47.1 Å². The summed E-state index contributed by atoms with van der Waals surface area (Å²) >= 11 is 6.08. The fraction of sp³-hybridized carbons (Fsp3) is 0.0714. The molecule has 0 aliphatic rings. The lowest BCUT2D eigenvalue weighted by Crippen LogP contribution is -2.28. The van der Waals surface area contributed by atoms with E-state index in [9.17, 15) is 5.21 Å². The molecule has 0 atom stereocenters. The molecule has 3 rings (SSSR count). The summed E-state index contributed by atoms with van der Waals surface area (Å²) in [5.41, 5.74) is 2.77.